The smallest absolute Gasteiger partial charge is 0.338 e. The minimum atomic E-state index is -0.725. The molecule has 0 unspecified atom stereocenters. The Morgan fingerprint density at radius 1 is 1.22 bits per heavy atom. The number of fused-ring (bicyclic) bond motifs is 1. The molecule has 148 valence electrons. The molecule has 2 amide bonds. The van der Waals surface area contributed by atoms with Crippen molar-refractivity contribution in [2.24, 2.45) is 0 Å². The average Bonchev–Trinajstić information content (AvgIpc) is 2.69. The van der Waals surface area contributed by atoms with Gasteiger partial charge < -0.3 is 29.6 Å². The predicted molar refractivity (Wildman–Crippen MR) is 95.2 cm³/mol. The number of hydrogen-bond acceptors (Lipinski definition) is 7. The van der Waals surface area contributed by atoms with Crippen LogP contribution >= 0.6 is 0 Å². The summed E-state index contributed by atoms with van der Waals surface area (Å²) in [5, 5.41) is 5.14. The lowest BCUT2D eigenvalue weighted by atomic mass is 10.1. The lowest BCUT2D eigenvalue weighted by molar-refractivity contribution is -0.130. The van der Waals surface area contributed by atoms with Crippen molar-refractivity contribution in [2.75, 3.05) is 33.5 Å². The van der Waals surface area contributed by atoms with Gasteiger partial charge in [-0.3, -0.25) is 9.59 Å². The van der Waals surface area contributed by atoms with Gasteiger partial charge in [-0.25, -0.2) is 4.79 Å². The Morgan fingerprint density at radius 3 is 2.67 bits per heavy atom. The Labute approximate surface area is 157 Å². The topological polar surface area (TPSA) is 112 Å². The minimum absolute atomic E-state index is 0.164. The van der Waals surface area contributed by atoms with Crippen LogP contribution < -0.4 is 24.8 Å². The monoisotopic (exact) mass is 380 g/mol. The molecule has 1 aromatic rings. The van der Waals surface area contributed by atoms with Crippen LogP contribution in [0.1, 0.15) is 30.6 Å². The van der Waals surface area contributed by atoms with Gasteiger partial charge in [0.15, 0.2) is 18.1 Å². The molecule has 27 heavy (non-hydrogen) atoms. The Hall–Kier alpha value is -2.97. The maximum absolute atomic E-state index is 12.2. The molecule has 0 saturated heterocycles. The number of rotatable bonds is 8. The number of benzene rings is 1. The molecular formula is C18H24N2O7. The van der Waals surface area contributed by atoms with Gasteiger partial charge in [-0.15, -0.1) is 0 Å². The average molecular weight is 380 g/mol. The summed E-state index contributed by atoms with van der Waals surface area (Å²) < 4.78 is 21.1. The second kappa shape index (κ2) is 9.65. The number of esters is 1. The predicted octanol–water partition coefficient (Wildman–Crippen LogP) is 0.654. The summed E-state index contributed by atoms with van der Waals surface area (Å²) in [4.78, 5) is 35.8. The lowest BCUT2D eigenvalue weighted by Gasteiger charge is -2.21. The van der Waals surface area contributed by atoms with Crippen molar-refractivity contribution in [3.05, 3.63) is 17.7 Å². The van der Waals surface area contributed by atoms with E-state index in [0.29, 0.717) is 37.0 Å². The molecule has 0 saturated carbocycles. The number of carbonyl (C=O) groups is 3. The summed E-state index contributed by atoms with van der Waals surface area (Å²) in [5.74, 6) is -0.461. The van der Waals surface area contributed by atoms with Crippen LogP contribution in [0.15, 0.2) is 12.1 Å². The minimum Gasteiger partial charge on any atom is -0.493 e. The lowest BCUT2D eigenvalue weighted by Crippen LogP contribution is -2.46. The first kappa shape index (κ1) is 20.3. The SMILES string of the molecule is CCCNC(=O)[C@@H](C)NC(=O)COC(=O)c1cc(OC)c2c(c1)OCCO2. The zero-order chi connectivity index (χ0) is 19.8. The van der Waals surface area contributed by atoms with Crippen LogP contribution in [0.5, 0.6) is 17.2 Å². The van der Waals surface area contributed by atoms with Crippen LogP contribution in [0.25, 0.3) is 0 Å². The fourth-order valence-electron chi connectivity index (χ4n) is 2.36. The van der Waals surface area contributed by atoms with Gasteiger partial charge in [-0.05, 0) is 25.5 Å². The quantitative estimate of drug-likeness (QED) is 0.637. The number of amides is 2. The molecule has 9 heteroatoms. The molecular weight excluding hydrogens is 356 g/mol. The van der Waals surface area contributed by atoms with E-state index in [9.17, 15) is 14.4 Å². The van der Waals surface area contributed by atoms with Crippen molar-refractivity contribution < 1.29 is 33.3 Å². The van der Waals surface area contributed by atoms with E-state index in [1.165, 1.54) is 19.2 Å². The highest BCUT2D eigenvalue weighted by molar-refractivity contribution is 5.93. The summed E-state index contributed by atoms with van der Waals surface area (Å²) in [6.45, 7) is 4.24. The number of ether oxygens (including phenoxy) is 4. The summed E-state index contributed by atoms with van der Waals surface area (Å²) in [6.07, 6.45) is 0.795. The Balaban J connectivity index is 1.92. The van der Waals surface area contributed by atoms with Crippen LogP contribution in [0, 0.1) is 0 Å². The number of carbonyl (C=O) groups excluding carboxylic acids is 3. The Morgan fingerprint density at radius 2 is 1.96 bits per heavy atom. The second-order valence-electron chi connectivity index (χ2n) is 5.86. The zero-order valence-electron chi connectivity index (χ0n) is 15.6. The first-order valence-corrected chi connectivity index (χ1v) is 8.68. The van der Waals surface area contributed by atoms with Gasteiger partial charge in [0, 0.05) is 6.54 Å². The molecule has 0 bridgehead atoms. The van der Waals surface area contributed by atoms with Crippen LogP contribution in [0.4, 0.5) is 0 Å². The molecule has 1 aliphatic heterocycles. The number of methoxy groups -OCH3 is 1. The van der Waals surface area contributed by atoms with Crippen LogP contribution in [-0.2, 0) is 14.3 Å². The highest BCUT2D eigenvalue weighted by atomic mass is 16.6. The van der Waals surface area contributed by atoms with Crippen LogP contribution in [0.3, 0.4) is 0 Å². The van der Waals surface area contributed by atoms with E-state index in [-0.39, 0.29) is 11.5 Å². The van der Waals surface area contributed by atoms with E-state index < -0.39 is 24.5 Å². The third-order valence-corrected chi connectivity index (χ3v) is 3.72. The molecule has 0 radical (unpaired) electrons. The molecule has 1 heterocycles. The highest BCUT2D eigenvalue weighted by Crippen LogP contribution is 2.40. The van der Waals surface area contributed by atoms with E-state index in [2.05, 4.69) is 10.6 Å². The molecule has 0 spiro atoms. The molecule has 9 nitrogen and oxygen atoms in total. The van der Waals surface area contributed by atoms with Crippen molar-refractivity contribution in [2.45, 2.75) is 26.3 Å². The fraction of sp³-hybridized carbons (Fsp3) is 0.500. The third kappa shape index (κ3) is 5.50. The van der Waals surface area contributed by atoms with Crippen molar-refractivity contribution in [1.29, 1.82) is 0 Å². The summed E-state index contributed by atoms with van der Waals surface area (Å²) in [7, 11) is 1.45. The summed E-state index contributed by atoms with van der Waals surface area (Å²) >= 11 is 0. The van der Waals surface area contributed by atoms with E-state index in [4.69, 9.17) is 18.9 Å². The van der Waals surface area contributed by atoms with Gasteiger partial charge >= 0.3 is 5.97 Å². The van der Waals surface area contributed by atoms with Crippen molar-refractivity contribution >= 4 is 17.8 Å². The molecule has 0 aliphatic carbocycles. The van der Waals surface area contributed by atoms with Crippen LogP contribution in [0.2, 0.25) is 0 Å². The summed E-state index contributed by atoms with van der Waals surface area (Å²) in [5.41, 5.74) is 0.164. The van der Waals surface area contributed by atoms with Gasteiger partial charge in [0.2, 0.25) is 11.7 Å². The molecule has 1 atom stereocenters. The maximum atomic E-state index is 12.2. The van der Waals surface area contributed by atoms with Crippen molar-refractivity contribution in [3.63, 3.8) is 0 Å². The first-order valence-electron chi connectivity index (χ1n) is 8.68. The van der Waals surface area contributed by atoms with Crippen LogP contribution in [-0.4, -0.2) is 57.3 Å². The standard InChI is InChI=1S/C18H24N2O7/c1-4-5-19-17(22)11(2)20-15(21)10-27-18(23)12-8-13(24-3)16-14(9-12)25-6-7-26-16/h8-9,11H,4-7,10H2,1-3H3,(H,19,22)(H,20,21)/t11-/m1/s1. The number of nitrogens with one attached hydrogen (secondary N) is 2. The van der Waals surface area contributed by atoms with Gasteiger partial charge in [0.05, 0.1) is 12.7 Å². The van der Waals surface area contributed by atoms with E-state index >= 15 is 0 Å². The van der Waals surface area contributed by atoms with Gasteiger partial charge in [0.25, 0.3) is 5.91 Å². The fourth-order valence-corrected chi connectivity index (χ4v) is 2.36. The normalized spacial score (nSPS) is 13.3. The largest absolute Gasteiger partial charge is 0.493 e. The summed E-state index contributed by atoms with van der Waals surface area (Å²) in [6, 6.07) is 2.20. The Bertz CT molecular complexity index is 688. The van der Waals surface area contributed by atoms with Gasteiger partial charge in [0.1, 0.15) is 19.3 Å². The van der Waals surface area contributed by atoms with Gasteiger partial charge in [-0.1, -0.05) is 6.92 Å². The van der Waals surface area contributed by atoms with Crippen molar-refractivity contribution in [3.8, 4) is 17.2 Å². The second-order valence-corrected chi connectivity index (χ2v) is 5.86. The van der Waals surface area contributed by atoms with E-state index in [0.717, 1.165) is 6.42 Å². The zero-order valence-corrected chi connectivity index (χ0v) is 15.6. The Kier molecular flexibility index (Phi) is 7.27. The molecule has 0 fully saturated rings. The molecule has 0 aromatic heterocycles. The van der Waals surface area contributed by atoms with Crippen molar-refractivity contribution in [1.82, 2.24) is 10.6 Å². The van der Waals surface area contributed by atoms with E-state index in [1.807, 2.05) is 6.92 Å². The number of hydrogen-bond donors (Lipinski definition) is 2. The molecule has 2 N–H and O–H groups in total. The van der Waals surface area contributed by atoms with E-state index in [1.54, 1.807) is 6.92 Å². The molecule has 1 aromatic carbocycles. The first-order chi connectivity index (χ1) is 13.0. The highest BCUT2D eigenvalue weighted by Gasteiger charge is 2.22. The maximum Gasteiger partial charge on any atom is 0.338 e. The third-order valence-electron chi connectivity index (χ3n) is 3.72. The molecule has 2 rings (SSSR count). The van der Waals surface area contributed by atoms with Gasteiger partial charge in [-0.2, -0.15) is 0 Å². The molecule has 1 aliphatic rings.